The van der Waals surface area contributed by atoms with Gasteiger partial charge in [0.05, 0.1) is 13.7 Å². The Labute approximate surface area is 97.5 Å². The second kappa shape index (κ2) is 6.51. The van der Waals surface area contributed by atoms with Gasteiger partial charge in [-0.1, -0.05) is 17.7 Å². The van der Waals surface area contributed by atoms with Gasteiger partial charge in [0.25, 0.3) is 0 Å². The quantitative estimate of drug-likeness (QED) is 0.595. The van der Waals surface area contributed by atoms with E-state index in [-0.39, 0.29) is 0 Å². The molecule has 0 saturated heterocycles. The number of ether oxygens (including phenoxy) is 1. The van der Waals surface area contributed by atoms with Crippen LogP contribution in [0.15, 0.2) is 12.1 Å². The maximum atomic E-state index is 5.43. The predicted molar refractivity (Wildman–Crippen MR) is 65.5 cm³/mol. The van der Waals surface area contributed by atoms with Gasteiger partial charge < -0.3 is 9.57 Å². The van der Waals surface area contributed by atoms with E-state index in [9.17, 15) is 0 Å². The molecule has 2 N–H and O–H groups in total. The molecule has 0 radical (unpaired) electrons. The van der Waals surface area contributed by atoms with Crippen molar-refractivity contribution >= 4 is 0 Å². The van der Waals surface area contributed by atoms with Crippen molar-refractivity contribution in [3.05, 3.63) is 28.8 Å². The van der Waals surface area contributed by atoms with Crippen LogP contribution < -0.4 is 10.6 Å². The third-order valence-corrected chi connectivity index (χ3v) is 2.66. The van der Waals surface area contributed by atoms with Crippen LogP contribution in [0.3, 0.4) is 0 Å². The van der Waals surface area contributed by atoms with E-state index in [1.807, 2.05) is 0 Å². The number of unbranched alkanes of at least 4 members (excludes halogenated alkanes) is 1. The van der Waals surface area contributed by atoms with Crippen LogP contribution in [0.25, 0.3) is 0 Å². The van der Waals surface area contributed by atoms with Crippen LogP contribution in [0.1, 0.15) is 29.5 Å². The molecule has 3 nitrogen and oxygen atoms in total. The minimum absolute atomic E-state index is 0.618. The zero-order chi connectivity index (χ0) is 12.0. The summed E-state index contributed by atoms with van der Waals surface area (Å²) in [7, 11) is 1.73. The summed E-state index contributed by atoms with van der Waals surface area (Å²) >= 11 is 0. The van der Waals surface area contributed by atoms with Crippen molar-refractivity contribution in [2.24, 2.45) is 5.90 Å². The molecule has 0 bridgehead atoms. The summed E-state index contributed by atoms with van der Waals surface area (Å²) < 4.78 is 5.43. The summed E-state index contributed by atoms with van der Waals surface area (Å²) in [5.41, 5.74) is 3.76. The fraction of sp³-hybridized carbons (Fsp3) is 0.538. The van der Waals surface area contributed by atoms with E-state index in [0.29, 0.717) is 6.61 Å². The molecule has 0 aliphatic carbocycles. The van der Waals surface area contributed by atoms with E-state index in [1.54, 1.807) is 7.11 Å². The van der Waals surface area contributed by atoms with Gasteiger partial charge in [0.2, 0.25) is 0 Å². The van der Waals surface area contributed by atoms with Crippen LogP contribution in [-0.4, -0.2) is 13.7 Å². The number of methoxy groups -OCH3 is 1. The number of aryl methyl sites for hydroxylation is 3. The molecule has 0 fully saturated rings. The summed E-state index contributed by atoms with van der Waals surface area (Å²) in [6.07, 6.45) is 3.05. The molecule has 0 aliphatic rings. The Kier molecular flexibility index (Phi) is 5.29. The molecular formula is C13H21NO2. The highest BCUT2D eigenvalue weighted by Gasteiger charge is 2.06. The molecule has 3 heteroatoms. The smallest absolute Gasteiger partial charge is 0.124 e. The molecule has 0 unspecified atom stereocenters. The SMILES string of the molecule is COc1c(C)cc(C)cc1CCCCON. The topological polar surface area (TPSA) is 44.5 Å². The van der Waals surface area contributed by atoms with Gasteiger partial charge in [-0.3, -0.25) is 0 Å². The van der Waals surface area contributed by atoms with Gasteiger partial charge in [0, 0.05) is 0 Å². The first kappa shape index (κ1) is 13.0. The zero-order valence-corrected chi connectivity index (χ0v) is 10.4. The van der Waals surface area contributed by atoms with Crippen LogP contribution in [0, 0.1) is 13.8 Å². The summed E-state index contributed by atoms with van der Waals surface area (Å²) in [6.45, 7) is 4.81. The Morgan fingerprint density at radius 2 is 1.94 bits per heavy atom. The predicted octanol–water partition coefficient (Wildman–Crippen LogP) is 2.53. The molecule has 1 aromatic carbocycles. The molecule has 0 aromatic heterocycles. The number of benzene rings is 1. The molecule has 90 valence electrons. The molecule has 0 atom stereocenters. The summed E-state index contributed by atoms with van der Waals surface area (Å²) in [4.78, 5) is 4.55. The highest BCUT2D eigenvalue weighted by atomic mass is 16.6. The van der Waals surface area contributed by atoms with Crippen LogP contribution in [0.5, 0.6) is 5.75 Å². The number of hydrogen-bond acceptors (Lipinski definition) is 3. The lowest BCUT2D eigenvalue weighted by molar-refractivity contribution is 0.134. The Hall–Kier alpha value is -1.06. The van der Waals surface area contributed by atoms with E-state index < -0.39 is 0 Å². The Morgan fingerprint density at radius 1 is 1.19 bits per heavy atom. The lowest BCUT2D eigenvalue weighted by Crippen LogP contribution is -2.02. The largest absolute Gasteiger partial charge is 0.496 e. The van der Waals surface area contributed by atoms with E-state index >= 15 is 0 Å². The number of nitrogens with two attached hydrogens (primary N) is 1. The number of hydrogen-bond donors (Lipinski definition) is 1. The first-order valence-corrected chi connectivity index (χ1v) is 5.65. The molecule has 0 spiro atoms. The Balaban J connectivity index is 2.69. The lowest BCUT2D eigenvalue weighted by Gasteiger charge is -2.12. The Bertz CT molecular complexity index is 337. The standard InChI is InChI=1S/C13H21NO2/c1-10-8-11(2)13(15-3)12(9-10)6-4-5-7-16-14/h8-9H,4-7,14H2,1-3H3. The second-order valence-corrected chi connectivity index (χ2v) is 4.10. The van der Waals surface area contributed by atoms with Crippen molar-refractivity contribution in [1.29, 1.82) is 0 Å². The first-order chi connectivity index (χ1) is 7.69. The van der Waals surface area contributed by atoms with E-state index in [2.05, 4.69) is 30.8 Å². The van der Waals surface area contributed by atoms with Gasteiger partial charge in [-0.2, -0.15) is 0 Å². The monoisotopic (exact) mass is 223 g/mol. The van der Waals surface area contributed by atoms with Crippen LogP contribution in [-0.2, 0) is 11.3 Å². The summed E-state index contributed by atoms with van der Waals surface area (Å²) in [6, 6.07) is 4.33. The van der Waals surface area contributed by atoms with Gasteiger partial charge >= 0.3 is 0 Å². The average Bonchev–Trinajstić information content (AvgIpc) is 2.24. The molecule has 0 aliphatic heterocycles. The van der Waals surface area contributed by atoms with Crippen molar-refractivity contribution < 1.29 is 9.57 Å². The lowest BCUT2D eigenvalue weighted by atomic mass is 10.0. The Morgan fingerprint density at radius 3 is 2.56 bits per heavy atom. The fourth-order valence-electron chi connectivity index (χ4n) is 2.02. The van der Waals surface area contributed by atoms with Crippen LogP contribution >= 0.6 is 0 Å². The molecule has 0 heterocycles. The third-order valence-electron chi connectivity index (χ3n) is 2.66. The normalized spacial score (nSPS) is 10.5. The van der Waals surface area contributed by atoms with Crippen molar-refractivity contribution in [2.75, 3.05) is 13.7 Å². The first-order valence-electron chi connectivity index (χ1n) is 5.65. The van der Waals surface area contributed by atoms with E-state index in [4.69, 9.17) is 10.6 Å². The van der Waals surface area contributed by atoms with E-state index in [1.165, 1.54) is 16.7 Å². The van der Waals surface area contributed by atoms with Gasteiger partial charge in [-0.15, -0.1) is 0 Å². The van der Waals surface area contributed by atoms with Crippen molar-refractivity contribution in [1.82, 2.24) is 0 Å². The maximum absolute atomic E-state index is 5.43. The molecule has 0 amide bonds. The van der Waals surface area contributed by atoms with Crippen molar-refractivity contribution in [3.63, 3.8) is 0 Å². The van der Waals surface area contributed by atoms with Gasteiger partial charge in [0.15, 0.2) is 0 Å². The van der Waals surface area contributed by atoms with Gasteiger partial charge in [-0.25, -0.2) is 5.90 Å². The van der Waals surface area contributed by atoms with Crippen LogP contribution in [0.4, 0.5) is 0 Å². The highest BCUT2D eigenvalue weighted by molar-refractivity contribution is 5.43. The minimum Gasteiger partial charge on any atom is -0.496 e. The maximum Gasteiger partial charge on any atom is 0.124 e. The molecule has 1 rings (SSSR count). The van der Waals surface area contributed by atoms with Crippen molar-refractivity contribution in [2.45, 2.75) is 33.1 Å². The van der Waals surface area contributed by atoms with Crippen LogP contribution in [0.2, 0.25) is 0 Å². The molecular weight excluding hydrogens is 202 g/mol. The molecule has 0 saturated carbocycles. The third kappa shape index (κ3) is 3.51. The minimum atomic E-state index is 0.618. The summed E-state index contributed by atoms with van der Waals surface area (Å²) in [5.74, 6) is 6.00. The zero-order valence-electron chi connectivity index (χ0n) is 10.4. The highest BCUT2D eigenvalue weighted by Crippen LogP contribution is 2.26. The van der Waals surface area contributed by atoms with E-state index in [0.717, 1.165) is 25.0 Å². The fourth-order valence-corrected chi connectivity index (χ4v) is 2.02. The van der Waals surface area contributed by atoms with Gasteiger partial charge in [0.1, 0.15) is 5.75 Å². The van der Waals surface area contributed by atoms with Gasteiger partial charge in [-0.05, 0) is 44.2 Å². The number of rotatable bonds is 6. The van der Waals surface area contributed by atoms with Crippen molar-refractivity contribution in [3.8, 4) is 5.75 Å². The summed E-state index contributed by atoms with van der Waals surface area (Å²) in [5, 5.41) is 0. The molecule has 1 aromatic rings. The second-order valence-electron chi connectivity index (χ2n) is 4.10. The molecule has 16 heavy (non-hydrogen) atoms. The average molecular weight is 223 g/mol.